The minimum atomic E-state index is -4.51. The van der Waals surface area contributed by atoms with Crippen LogP contribution in [-0.4, -0.2) is 28.4 Å². The van der Waals surface area contributed by atoms with E-state index in [1.54, 1.807) is 0 Å². The molecular weight excluding hydrogens is 417 g/mol. The second-order valence-electron chi connectivity index (χ2n) is 7.36. The molecule has 4 rings (SSSR count). The van der Waals surface area contributed by atoms with Crippen molar-refractivity contribution in [3.8, 4) is 0 Å². The molecule has 1 aliphatic rings. The number of halogens is 4. The number of carbonyl (C=O) groups excluding carboxylic acids is 1. The number of fused-ring (bicyclic) bond motifs is 1. The molecule has 5 nitrogen and oxygen atoms in total. The average molecular weight is 437 g/mol. The van der Waals surface area contributed by atoms with Crippen LogP contribution in [0.3, 0.4) is 0 Å². The van der Waals surface area contributed by atoms with E-state index in [0.29, 0.717) is 11.4 Å². The Balaban J connectivity index is 1.43. The first kappa shape index (κ1) is 20.5. The number of amides is 1. The van der Waals surface area contributed by atoms with E-state index in [1.165, 1.54) is 29.9 Å². The highest BCUT2D eigenvalue weighted by molar-refractivity contribution is 6.33. The van der Waals surface area contributed by atoms with E-state index in [-0.39, 0.29) is 23.0 Å². The number of nitrogens with zero attached hydrogens (tertiary/aromatic N) is 3. The zero-order valence-electron chi connectivity index (χ0n) is 16.0. The van der Waals surface area contributed by atoms with Crippen molar-refractivity contribution in [1.29, 1.82) is 0 Å². The normalized spacial score (nSPS) is 14.9. The Morgan fingerprint density at radius 2 is 1.80 bits per heavy atom. The van der Waals surface area contributed by atoms with E-state index < -0.39 is 11.7 Å². The Hall–Kier alpha value is -2.74. The highest BCUT2D eigenvalue weighted by Gasteiger charge is 2.32. The fourth-order valence-corrected chi connectivity index (χ4v) is 3.88. The van der Waals surface area contributed by atoms with Crippen molar-refractivity contribution >= 4 is 34.5 Å². The molecule has 1 amide bonds. The van der Waals surface area contributed by atoms with Gasteiger partial charge in [-0.25, -0.2) is 4.98 Å². The molecule has 1 fully saturated rings. The average Bonchev–Trinajstić information content (AvgIpc) is 3.11. The summed E-state index contributed by atoms with van der Waals surface area (Å²) in [7, 11) is 0. The molecule has 30 heavy (non-hydrogen) atoms. The lowest BCUT2D eigenvalue weighted by molar-refractivity contribution is -0.137. The van der Waals surface area contributed by atoms with Crippen LogP contribution in [0.4, 0.5) is 24.5 Å². The molecular formula is C21H20ClF3N4O. The van der Waals surface area contributed by atoms with Crippen molar-refractivity contribution < 1.29 is 18.0 Å². The van der Waals surface area contributed by atoms with E-state index in [2.05, 4.69) is 15.2 Å². The van der Waals surface area contributed by atoms with Crippen molar-refractivity contribution in [1.82, 2.24) is 9.38 Å². The van der Waals surface area contributed by atoms with Crippen LogP contribution >= 0.6 is 11.6 Å². The first-order chi connectivity index (χ1) is 14.3. The number of hydrogen-bond acceptors (Lipinski definition) is 3. The summed E-state index contributed by atoms with van der Waals surface area (Å²) in [6.07, 6.45) is 1.34. The van der Waals surface area contributed by atoms with E-state index >= 15 is 0 Å². The molecule has 1 aliphatic heterocycles. The molecule has 0 atom stereocenters. The van der Waals surface area contributed by atoms with Gasteiger partial charge in [0.25, 0.3) is 0 Å². The van der Waals surface area contributed by atoms with Crippen molar-refractivity contribution in [2.75, 3.05) is 23.3 Å². The smallest absolute Gasteiger partial charge is 0.372 e. The van der Waals surface area contributed by atoms with Gasteiger partial charge in [-0.2, -0.15) is 13.2 Å². The molecule has 1 N–H and O–H groups in total. The van der Waals surface area contributed by atoms with Crippen molar-refractivity contribution in [2.45, 2.75) is 31.9 Å². The summed E-state index contributed by atoms with van der Waals surface area (Å²) in [5.41, 5.74) is 1.42. The van der Waals surface area contributed by atoms with Gasteiger partial charge in [0.15, 0.2) is 5.65 Å². The highest BCUT2D eigenvalue weighted by atomic mass is 35.5. The number of hydrogen-bond donors (Lipinski definition) is 1. The number of pyridine rings is 1. The topological polar surface area (TPSA) is 49.6 Å². The van der Waals surface area contributed by atoms with Crippen molar-refractivity contribution in [2.24, 2.45) is 0 Å². The number of rotatable bonds is 4. The molecule has 1 aromatic carbocycles. The molecule has 9 heteroatoms. The maximum absolute atomic E-state index is 12.9. The lowest BCUT2D eigenvalue weighted by Crippen LogP contribution is -2.29. The summed E-state index contributed by atoms with van der Waals surface area (Å²) in [5, 5.41) is 2.67. The number of nitrogens with one attached hydrogen (secondary N) is 1. The van der Waals surface area contributed by atoms with Crippen LogP contribution in [0.1, 0.15) is 30.5 Å². The zero-order chi connectivity index (χ0) is 21.3. The third-order valence-corrected chi connectivity index (χ3v) is 5.38. The largest absolute Gasteiger partial charge is 0.417 e. The molecule has 2 aromatic heterocycles. The lowest BCUT2D eigenvalue weighted by atomic mass is 10.1. The van der Waals surface area contributed by atoms with Gasteiger partial charge < -0.3 is 14.6 Å². The highest BCUT2D eigenvalue weighted by Crippen LogP contribution is 2.32. The second kappa shape index (κ2) is 8.18. The molecule has 0 aliphatic carbocycles. The molecule has 0 bridgehead atoms. The Morgan fingerprint density at radius 1 is 1.10 bits per heavy atom. The van der Waals surface area contributed by atoms with Crippen LogP contribution in [0.2, 0.25) is 5.02 Å². The van der Waals surface area contributed by atoms with Gasteiger partial charge in [0.05, 0.1) is 22.7 Å². The Bertz CT molecular complexity index is 1060. The molecule has 0 unspecified atom stereocenters. The van der Waals surface area contributed by atoms with Gasteiger partial charge in [-0.15, -0.1) is 0 Å². The quantitative estimate of drug-likeness (QED) is 0.613. The number of piperidine rings is 1. The summed E-state index contributed by atoms with van der Waals surface area (Å²) >= 11 is 5.94. The molecule has 0 saturated carbocycles. The van der Waals surface area contributed by atoms with Crippen molar-refractivity contribution in [3.63, 3.8) is 0 Å². The lowest BCUT2D eigenvalue weighted by Gasteiger charge is -2.28. The van der Waals surface area contributed by atoms with E-state index in [0.717, 1.165) is 31.0 Å². The van der Waals surface area contributed by atoms with Gasteiger partial charge in [0, 0.05) is 36.9 Å². The Labute approximate surface area is 176 Å². The molecule has 158 valence electrons. The predicted octanol–water partition coefficient (Wildman–Crippen LogP) is 5.18. The number of aromatic nitrogens is 2. The summed E-state index contributed by atoms with van der Waals surface area (Å²) < 4.78 is 40.0. The third kappa shape index (κ3) is 4.53. The summed E-state index contributed by atoms with van der Waals surface area (Å²) in [6.45, 7) is 2.08. The minimum absolute atomic E-state index is 0.0762. The Kier molecular flexibility index (Phi) is 5.60. The van der Waals surface area contributed by atoms with E-state index in [4.69, 9.17) is 11.6 Å². The van der Waals surface area contributed by atoms with E-state index in [9.17, 15) is 18.0 Å². The molecule has 0 spiro atoms. The van der Waals surface area contributed by atoms with Crippen LogP contribution < -0.4 is 10.2 Å². The first-order valence-electron chi connectivity index (χ1n) is 9.69. The zero-order valence-corrected chi connectivity index (χ0v) is 16.8. The molecule has 3 heterocycles. The van der Waals surface area contributed by atoms with Gasteiger partial charge in [0.2, 0.25) is 5.91 Å². The summed E-state index contributed by atoms with van der Waals surface area (Å²) in [4.78, 5) is 18.9. The van der Waals surface area contributed by atoms with Crippen molar-refractivity contribution in [3.05, 3.63) is 59.0 Å². The van der Waals surface area contributed by atoms with Gasteiger partial charge in [0.1, 0.15) is 0 Å². The molecule has 3 aromatic rings. The predicted molar refractivity (Wildman–Crippen MR) is 110 cm³/mol. The van der Waals surface area contributed by atoms with Crippen LogP contribution in [0, 0.1) is 0 Å². The third-order valence-electron chi connectivity index (χ3n) is 5.10. The van der Waals surface area contributed by atoms with E-state index in [1.807, 2.05) is 24.3 Å². The maximum atomic E-state index is 12.9. The first-order valence-corrected chi connectivity index (χ1v) is 10.1. The number of benzene rings is 1. The van der Waals surface area contributed by atoms with Gasteiger partial charge >= 0.3 is 6.18 Å². The van der Waals surface area contributed by atoms with Gasteiger partial charge in [-0.05, 0) is 49.6 Å². The Morgan fingerprint density at radius 3 is 2.47 bits per heavy atom. The molecule has 0 radical (unpaired) electrons. The molecule has 1 saturated heterocycles. The van der Waals surface area contributed by atoms with Gasteiger partial charge in [-0.3, -0.25) is 4.79 Å². The second-order valence-corrected chi connectivity index (χ2v) is 7.76. The monoisotopic (exact) mass is 436 g/mol. The SMILES string of the molecule is O=C(Cc1cn2cc(C(F)(F)F)cc(Cl)c2n1)Nc1ccc(N2CCCCC2)cc1. The standard InChI is InChI=1S/C21H20ClF3N4O/c22-18-10-14(21(23,24)25)12-29-13-16(27-20(18)29)11-19(30)26-15-4-6-17(7-5-15)28-8-2-1-3-9-28/h4-7,10,12-13H,1-3,8-9,11H2,(H,26,30). The van der Waals surface area contributed by atoms with Crippen LogP contribution in [0.25, 0.3) is 5.65 Å². The van der Waals surface area contributed by atoms with Crippen LogP contribution in [0.15, 0.2) is 42.7 Å². The number of carbonyl (C=O) groups is 1. The number of alkyl halides is 3. The van der Waals surface area contributed by atoms with Crippen LogP contribution in [0.5, 0.6) is 0 Å². The fourth-order valence-electron chi connectivity index (χ4n) is 3.63. The summed E-state index contributed by atoms with van der Waals surface area (Å²) in [5.74, 6) is -0.309. The number of imidazole rings is 1. The minimum Gasteiger partial charge on any atom is -0.372 e. The van der Waals surface area contributed by atoms with Crippen LogP contribution in [-0.2, 0) is 17.4 Å². The van der Waals surface area contributed by atoms with Gasteiger partial charge in [-0.1, -0.05) is 11.6 Å². The number of anilines is 2. The fraction of sp³-hybridized carbons (Fsp3) is 0.333. The maximum Gasteiger partial charge on any atom is 0.417 e. The summed E-state index contributed by atoms with van der Waals surface area (Å²) in [6, 6.07) is 8.47.